The summed E-state index contributed by atoms with van der Waals surface area (Å²) in [4.78, 5) is 14.7. The summed E-state index contributed by atoms with van der Waals surface area (Å²) in [6, 6.07) is 8.02. The first-order valence-corrected chi connectivity index (χ1v) is 6.08. The van der Waals surface area contributed by atoms with Gasteiger partial charge in [0.15, 0.2) is 5.82 Å². The van der Waals surface area contributed by atoms with E-state index >= 15 is 0 Å². The van der Waals surface area contributed by atoms with E-state index < -0.39 is 5.97 Å². The monoisotopic (exact) mass is 259 g/mol. The molecule has 1 aromatic heterocycles. The molecule has 0 radical (unpaired) electrons. The van der Waals surface area contributed by atoms with Crippen molar-refractivity contribution in [2.75, 3.05) is 0 Å². The van der Waals surface area contributed by atoms with Gasteiger partial charge in [-0.3, -0.25) is 4.79 Å². The van der Waals surface area contributed by atoms with Crippen molar-refractivity contribution in [1.29, 1.82) is 0 Å². The summed E-state index contributed by atoms with van der Waals surface area (Å²) in [5.74, 6) is -0.388. The van der Waals surface area contributed by atoms with Crippen LogP contribution in [0.15, 0.2) is 30.6 Å². The molecule has 0 aliphatic rings. The lowest BCUT2D eigenvalue weighted by atomic mass is 9.87. The molecule has 0 fully saturated rings. The first-order valence-electron chi connectivity index (χ1n) is 6.08. The number of aliphatic carboxylic acids is 1. The van der Waals surface area contributed by atoms with Gasteiger partial charge in [-0.15, -0.1) is 0 Å². The van der Waals surface area contributed by atoms with Crippen LogP contribution in [0, 0.1) is 0 Å². The van der Waals surface area contributed by atoms with Crippen molar-refractivity contribution in [2.45, 2.75) is 32.7 Å². The Kier molecular flexibility index (Phi) is 3.38. The van der Waals surface area contributed by atoms with Crippen LogP contribution in [-0.4, -0.2) is 25.8 Å². The molecule has 2 aromatic rings. The highest BCUT2D eigenvalue weighted by atomic mass is 16.4. The zero-order valence-corrected chi connectivity index (χ0v) is 11.3. The highest BCUT2D eigenvalue weighted by Crippen LogP contribution is 2.24. The van der Waals surface area contributed by atoms with E-state index in [1.54, 1.807) is 0 Å². The summed E-state index contributed by atoms with van der Waals surface area (Å²) in [5, 5.41) is 12.8. The topological polar surface area (TPSA) is 68.0 Å². The smallest absolute Gasteiger partial charge is 0.325 e. The van der Waals surface area contributed by atoms with Gasteiger partial charge in [0.2, 0.25) is 0 Å². The molecule has 19 heavy (non-hydrogen) atoms. The maximum atomic E-state index is 10.6. The Balaban J connectivity index is 2.23. The zero-order valence-electron chi connectivity index (χ0n) is 11.3. The molecular weight excluding hydrogens is 242 g/mol. The molecule has 0 saturated heterocycles. The van der Waals surface area contributed by atoms with Crippen molar-refractivity contribution in [3.8, 4) is 11.4 Å². The van der Waals surface area contributed by atoms with Gasteiger partial charge in [-0.1, -0.05) is 45.0 Å². The number of rotatable bonds is 3. The predicted octanol–water partition coefficient (Wildman–Crippen LogP) is 2.33. The first-order chi connectivity index (χ1) is 8.86. The Hall–Kier alpha value is -2.17. The Labute approximate surface area is 111 Å². The average molecular weight is 259 g/mol. The van der Waals surface area contributed by atoms with Crippen LogP contribution in [0.25, 0.3) is 11.4 Å². The number of carboxylic acid groups (broad SMARTS) is 1. The minimum atomic E-state index is -0.931. The maximum absolute atomic E-state index is 10.6. The summed E-state index contributed by atoms with van der Waals surface area (Å²) in [5.41, 5.74) is 2.23. The number of hydrogen-bond acceptors (Lipinski definition) is 3. The molecule has 0 atom stereocenters. The average Bonchev–Trinajstić information content (AvgIpc) is 2.75. The lowest BCUT2D eigenvalue weighted by Gasteiger charge is -2.18. The molecule has 1 heterocycles. The molecule has 0 unspecified atom stereocenters. The Morgan fingerprint density at radius 3 is 2.42 bits per heavy atom. The first kappa shape index (κ1) is 13.3. The molecule has 0 aliphatic carbocycles. The van der Waals surface area contributed by atoms with E-state index in [9.17, 15) is 4.79 Å². The molecule has 0 bridgehead atoms. The van der Waals surface area contributed by atoms with Gasteiger partial charge < -0.3 is 5.11 Å². The number of nitrogens with zero attached hydrogens (tertiary/aromatic N) is 3. The third kappa shape index (κ3) is 3.19. The molecule has 1 aromatic carbocycles. The number of carboxylic acids is 1. The Morgan fingerprint density at radius 2 is 1.89 bits per heavy atom. The van der Waals surface area contributed by atoms with E-state index in [1.807, 2.05) is 24.3 Å². The van der Waals surface area contributed by atoms with Crippen LogP contribution >= 0.6 is 0 Å². The summed E-state index contributed by atoms with van der Waals surface area (Å²) in [6.45, 7) is 6.29. The second-order valence-electron chi connectivity index (χ2n) is 5.49. The Morgan fingerprint density at radius 1 is 1.26 bits per heavy atom. The van der Waals surface area contributed by atoms with E-state index in [1.165, 1.54) is 16.6 Å². The molecule has 5 heteroatoms. The number of benzene rings is 1. The van der Waals surface area contributed by atoms with Crippen LogP contribution in [0.4, 0.5) is 0 Å². The van der Waals surface area contributed by atoms with Crippen molar-refractivity contribution in [2.24, 2.45) is 0 Å². The fraction of sp³-hybridized carbons (Fsp3) is 0.357. The molecule has 2 rings (SSSR count). The largest absolute Gasteiger partial charge is 0.480 e. The van der Waals surface area contributed by atoms with E-state index in [4.69, 9.17) is 5.11 Å². The van der Waals surface area contributed by atoms with Gasteiger partial charge in [0, 0.05) is 5.56 Å². The highest BCUT2D eigenvalue weighted by molar-refractivity contribution is 5.66. The summed E-state index contributed by atoms with van der Waals surface area (Å²) in [7, 11) is 0. The standard InChI is InChI=1S/C14H17N3O2/c1-14(2,3)11-6-4-10(5-7-11)13-15-9-17(16-13)8-12(18)19/h4-7,9H,8H2,1-3H3,(H,18,19). The van der Waals surface area contributed by atoms with Crippen LogP contribution in [0.2, 0.25) is 0 Å². The lowest BCUT2D eigenvalue weighted by Crippen LogP contribution is -2.10. The van der Waals surface area contributed by atoms with Crippen LogP contribution in [0.5, 0.6) is 0 Å². The van der Waals surface area contributed by atoms with E-state index in [0.717, 1.165) is 5.56 Å². The second kappa shape index (κ2) is 4.84. The van der Waals surface area contributed by atoms with Gasteiger partial charge in [0.25, 0.3) is 0 Å². The molecule has 0 spiro atoms. The van der Waals surface area contributed by atoms with Crippen molar-refractivity contribution in [3.63, 3.8) is 0 Å². The number of hydrogen-bond donors (Lipinski definition) is 1. The highest BCUT2D eigenvalue weighted by Gasteiger charge is 2.14. The van der Waals surface area contributed by atoms with Crippen LogP contribution in [0.1, 0.15) is 26.3 Å². The van der Waals surface area contributed by atoms with Crippen LogP contribution < -0.4 is 0 Å². The number of carbonyl (C=O) groups is 1. The van der Waals surface area contributed by atoms with Gasteiger partial charge in [-0.2, -0.15) is 5.10 Å². The van der Waals surface area contributed by atoms with Crippen molar-refractivity contribution >= 4 is 5.97 Å². The molecule has 0 saturated carbocycles. The van der Waals surface area contributed by atoms with Gasteiger partial charge in [-0.05, 0) is 11.0 Å². The molecule has 1 N–H and O–H groups in total. The SMILES string of the molecule is CC(C)(C)c1ccc(-c2ncn(CC(=O)O)n2)cc1. The van der Waals surface area contributed by atoms with Crippen molar-refractivity contribution in [1.82, 2.24) is 14.8 Å². The molecule has 0 amide bonds. The van der Waals surface area contributed by atoms with E-state index in [-0.39, 0.29) is 12.0 Å². The van der Waals surface area contributed by atoms with Gasteiger partial charge in [0.05, 0.1) is 0 Å². The van der Waals surface area contributed by atoms with Gasteiger partial charge in [-0.25, -0.2) is 9.67 Å². The third-order valence-electron chi connectivity index (χ3n) is 2.84. The van der Waals surface area contributed by atoms with Gasteiger partial charge in [0.1, 0.15) is 12.9 Å². The minimum absolute atomic E-state index is 0.106. The predicted molar refractivity (Wildman–Crippen MR) is 71.8 cm³/mol. The molecule has 5 nitrogen and oxygen atoms in total. The maximum Gasteiger partial charge on any atom is 0.325 e. The van der Waals surface area contributed by atoms with E-state index in [0.29, 0.717) is 5.82 Å². The quantitative estimate of drug-likeness (QED) is 0.918. The molecule has 100 valence electrons. The summed E-state index contributed by atoms with van der Waals surface area (Å²) < 4.78 is 1.31. The number of aromatic nitrogens is 3. The third-order valence-corrected chi connectivity index (χ3v) is 2.84. The second-order valence-corrected chi connectivity index (χ2v) is 5.49. The van der Waals surface area contributed by atoms with E-state index in [2.05, 4.69) is 30.9 Å². The van der Waals surface area contributed by atoms with Crippen molar-refractivity contribution in [3.05, 3.63) is 36.2 Å². The fourth-order valence-corrected chi connectivity index (χ4v) is 1.76. The minimum Gasteiger partial charge on any atom is -0.480 e. The summed E-state index contributed by atoms with van der Waals surface area (Å²) in [6.07, 6.45) is 1.43. The Bertz CT molecular complexity index is 579. The molecular formula is C14H17N3O2. The zero-order chi connectivity index (χ0) is 14.0. The lowest BCUT2D eigenvalue weighted by molar-refractivity contribution is -0.137. The molecule has 0 aliphatic heterocycles. The normalized spacial score (nSPS) is 11.5. The van der Waals surface area contributed by atoms with Crippen LogP contribution in [-0.2, 0) is 16.8 Å². The fourth-order valence-electron chi connectivity index (χ4n) is 1.76. The van der Waals surface area contributed by atoms with Crippen molar-refractivity contribution < 1.29 is 9.90 Å². The van der Waals surface area contributed by atoms with Gasteiger partial charge >= 0.3 is 5.97 Å². The van der Waals surface area contributed by atoms with Crippen LogP contribution in [0.3, 0.4) is 0 Å². The summed E-state index contributed by atoms with van der Waals surface area (Å²) >= 11 is 0.